The van der Waals surface area contributed by atoms with Crippen LogP contribution < -0.4 is 10.5 Å². The summed E-state index contributed by atoms with van der Waals surface area (Å²) in [6.07, 6.45) is 1.16. The van der Waals surface area contributed by atoms with E-state index in [1.165, 1.54) is 18.2 Å². The molecular weight excluding hydrogens is 308 g/mol. The van der Waals surface area contributed by atoms with Gasteiger partial charge in [0.2, 0.25) is 10.0 Å². The number of nitrogen functional groups attached to an aromatic ring is 1. The molecule has 3 N–H and O–H groups in total. The second-order valence-electron chi connectivity index (χ2n) is 4.43. The molecule has 0 spiro atoms. The fraction of sp³-hybridized carbons (Fsp3) is 0.455. The van der Waals surface area contributed by atoms with E-state index in [1.54, 1.807) is 0 Å². The van der Waals surface area contributed by atoms with Crippen LogP contribution in [0, 0.1) is 0 Å². The number of halogens is 1. The van der Waals surface area contributed by atoms with Crippen LogP contribution >= 0.6 is 11.6 Å². The van der Waals surface area contributed by atoms with Gasteiger partial charge in [0.05, 0.1) is 5.02 Å². The van der Waals surface area contributed by atoms with Gasteiger partial charge in [0.25, 0.3) is 0 Å². The number of hydrogen-bond donors (Lipinski definition) is 2. The summed E-state index contributed by atoms with van der Waals surface area (Å²) < 4.78 is 38.2. The Balaban J connectivity index is 2.16. The molecule has 0 bridgehead atoms. The lowest BCUT2D eigenvalue weighted by atomic mass is 10.2. The highest BCUT2D eigenvalue weighted by molar-refractivity contribution is 7.89. The van der Waals surface area contributed by atoms with Crippen LogP contribution in [-0.2, 0) is 20.8 Å². The van der Waals surface area contributed by atoms with Crippen molar-refractivity contribution < 1.29 is 12.6 Å². The van der Waals surface area contributed by atoms with Gasteiger partial charge in [-0.25, -0.2) is 13.1 Å². The SMILES string of the molecule is Nc1ccc(S(=O)(=O)NC2CCS(=O)CC2)c(Cl)c1. The molecule has 0 atom stereocenters. The molecule has 1 aliphatic rings. The molecule has 1 saturated heterocycles. The Morgan fingerprint density at radius 3 is 2.53 bits per heavy atom. The molecule has 0 unspecified atom stereocenters. The van der Waals surface area contributed by atoms with E-state index >= 15 is 0 Å². The van der Waals surface area contributed by atoms with Crippen molar-refractivity contribution >= 4 is 38.1 Å². The van der Waals surface area contributed by atoms with Gasteiger partial charge in [-0.05, 0) is 31.0 Å². The Bertz CT molecular complexity index is 594. The smallest absolute Gasteiger partial charge is 0.242 e. The number of benzene rings is 1. The summed E-state index contributed by atoms with van der Waals surface area (Å²) in [5, 5.41) is 0.104. The second-order valence-corrected chi connectivity index (χ2v) is 8.22. The van der Waals surface area contributed by atoms with Crippen LogP contribution in [0.3, 0.4) is 0 Å². The van der Waals surface area contributed by atoms with E-state index in [0.29, 0.717) is 30.0 Å². The fourth-order valence-electron chi connectivity index (χ4n) is 1.93. The third-order valence-electron chi connectivity index (χ3n) is 2.96. The van der Waals surface area contributed by atoms with E-state index < -0.39 is 20.8 Å². The largest absolute Gasteiger partial charge is 0.399 e. The highest BCUT2D eigenvalue weighted by atomic mass is 35.5. The lowest BCUT2D eigenvalue weighted by Crippen LogP contribution is -2.39. The van der Waals surface area contributed by atoms with E-state index in [2.05, 4.69) is 4.72 Å². The first kappa shape index (κ1) is 14.8. The lowest BCUT2D eigenvalue weighted by Gasteiger charge is -2.22. The molecule has 0 aromatic heterocycles. The zero-order valence-corrected chi connectivity index (χ0v) is 12.5. The first-order chi connectivity index (χ1) is 8.88. The normalized spacial score (nSPS) is 24.3. The van der Waals surface area contributed by atoms with Gasteiger partial charge < -0.3 is 5.73 Å². The standard InChI is InChI=1S/C11H15ClN2O3S2/c12-10-7-8(13)1-2-11(10)19(16,17)14-9-3-5-18(15)6-4-9/h1-2,7,9,14H,3-6,13H2. The number of anilines is 1. The Morgan fingerprint density at radius 2 is 1.95 bits per heavy atom. The second kappa shape index (κ2) is 5.78. The Morgan fingerprint density at radius 1 is 1.32 bits per heavy atom. The molecule has 1 fully saturated rings. The molecule has 0 radical (unpaired) electrons. The van der Waals surface area contributed by atoms with Gasteiger partial charge in [-0.15, -0.1) is 0 Å². The van der Waals surface area contributed by atoms with Gasteiger partial charge in [-0.2, -0.15) is 0 Å². The maximum atomic E-state index is 12.2. The maximum Gasteiger partial charge on any atom is 0.242 e. The minimum Gasteiger partial charge on any atom is -0.399 e. The molecular formula is C11H15ClN2O3S2. The number of nitrogens with two attached hydrogens (primary N) is 1. The molecule has 2 rings (SSSR count). The molecule has 0 aliphatic carbocycles. The minimum atomic E-state index is -3.66. The van der Waals surface area contributed by atoms with Gasteiger partial charge in [0.1, 0.15) is 4.90 Å². The van der Waals surface area contributed by atoms with Crippen LogP contribution in [0.1, 0.15) is 12.8 Å². The summed E-state index contributed by atoms with van der Waals surface area (Å²) >= 11 is 5.91. The van der Waals surface area contributed by atoms with E-state index in [1.807, 2.05) is 0 Å². The monoisotopic (exact) mass is 322 g/mol. The molecule has 19 heavy (non-hydrogen) atoms. The third-order valence-corrected chi connectivity index (χ3v) is 6.34. The average molecular weight is 323 g/mol. The predicted octanol–water partition coefficient (Wildman–Crippen LogP) is 1.11. The lowest BCUT2D eigenvalue weighted by molar-refractivity contribution is 0.522. The summed E-state index contributed by atoms with van der Waals surface area (Å²) in [7, 11) is -4.48. The number of sulfonamides is 1. The summed E-state index contributed by atoms with van der Waals surface area (Å²) in [5.74, 6) is 1.06. The van der Waals surface area contributed by atoms with Crippen LogP contribution in [0.2, 0.25) is 5.02 Å². The quantitative estimate of drug-likeness (QED) is 0.816. The number of nitrogens with one attached hydrogen (secondary N) is 1. The van der Waals surface area contributed by atoms with Gasteiger partial charge in [-0.3, -0.25) is 4.21 Å². The van der Waals surface area contributed by atoms with Gasteiger partial charge >= 0.3 is 0 Å². The van der Waals surface area contributed by atoms with Crippen molar-refractivity contribution in [2.75, 3.05) is 17.2 Å². The summed E-state index contributed by atoms with van der Waals surface area (Å²) in [6.45, 7) is 0. The van der Waals surface area contributed by atoms with Crippen molar-refractivity contribution in [1.82, 2.24) is 4.72 Å². The van der Waals surface area contributed by atoms with E-state index in [0.717, 1.165) is 0 Å². The molecule has 106 valence electrons. The molecule has 1 heterocycles. The highest BCUT2D eigenvalue weighted by Gasteiger charge is 2.25. The zero-order chi connectivity index (χ0) is 14.0. The molecule has 1 aliphatic heterocycles. The number of rotatable bonds is 3. The van der Waals surface area contributed by atoms with Crippen LogP contribution in [0.25, 0.3) is 0 Å². The summed E-state index contributed by atoms with van der Waals surface area (Å²) in [6, 6.07) is 4.11. The molecule has 1 aromatic carbocycles. The first-order valence-corrected chi connectivity index (χ1v) is 9.16. The molecule has 8 heteroatoms. The van der Waals surface area contributed by atoms with Crippen molar-refractivity contribution in [3.05, 3.63) is 23.2 Å². The van der Waals surface area contributed by atoms with Gasteiger partial charge in [0, 0.05) is 34.0 Å². The maximum absolute atomic E-state index is 12.2. The fourth-order valence-corrected chi connectivity index (χ4v) is 5.09. The molecule has 0 amide bonds. The minimum absolute atomic E-state index is 0.0232. The van der Waals surface area contributed by atoms with Crippen molar-refractivity contribution in [3.8, 4) is 0 Å². The van der Waals surface area contributed by atoms with Crippen LogP contribution in [-0.4, -0.2) is 30.2 Å². The van der Waals surface area contributed by atoms with Crippen molar-refractivity contribution in [1.29, 1.82) is 0 Å². The predicted molar refractivity (Wildman–Crippen MR) is 77.1 cm³/mol. The van der Waals surface area contributed by atoms with E-state index in [9.17, 15) is 12.6 Å². The topological polar surface area (TPSA) is 89.3 Å². The molecule has 0 saturated carbocycles. The Labute approximate surface area is 120 Å². The first-order valence-electron chi connectivity index (χ1n) is 5.81. The summed E-state index contributed by atoms with van der Waals surface area (Å²) in [4.78, 5) is 0.0232. The number of hydrogen-bond acceptors (Lipinski definition) is 4. The molecule has 1 aromatic rings. The van der Waals surface area contributed by atoms with Gasteiger partial charge in [0.15, 0.2) is 0 Å². The van der Waals surface area contributed by atoms with Crippen molar-refractivity contribution in [2.45, 2.75) is 23.8 Å². The van der Waals surface area contributed by atoms with E-state index in [4.69, 9.17) is 17.3 Å². The van der Waals surface area contributed by atoms with Crippen molar-refractivity contribution in [3.63, 3.8) is 0 Å². The van der Waals surface area contributed by atoms with Crippen LogP contribution in [0.15, 0.2) is 23.1 Å². The Kier molecular flexibility index (Phi) is 4.50. The van der Waals surface area contributed by atoms with Crippen molar-refractivity contribution in [2.24, 2.45) is 0 Å². The van der Waals surface area contributed by atoms with Gasteiger partial charge in [-0.1, -0.05) is 11.6 Å². The molecule has 5 nitrogen and oxygen atoms in total. The third kappa shape index (κ3) is 3.68. The average Bonchev–Trinajstić information content (AvgIpc) is 2.31. The van der Waals surface area contributed by atoms with Crippen LogP contribution in [0.4, 0.5) is 5.69 Å². The Hall–Kier alpha value is -0.630. The van der Waals surface area contributed by atoms with E-state index in [-0.39, 0.29) is 16.0 Å². The van der Waals surface area contributed by atoms with Crippen LogP contribution in [0.5, 0.6) is 0 Å². The zero-order valence-electron chi connectivity index (χ0n) is 10.1. The highest BCUT2D eigenvalue weighted by Crippen LogP contribution is 2.24. The summed E-state index contributed by atoms with van der Waals surface area (Å²) in [5.41, 5.74) is 5.95.